The third-order valence-corrected chi connectivity index (χ3v) is 6.16. The molecule has 7 nitrogen and oxygen atoms in total. The fourth-order valence-corrected chi connectivity index (χ4v) is 4.48. The van der Waals surface area contributed by atoms with Crippen LogP contribution in [-0.4, -0.2) is 57.7 Å². The second kappa shape index (κ2) is 12.7. The number of aliphatic hydroxyl groups is 1. The zero-order valence-corrected chi connectivity index (χ0v) is 19.5. The first-order chi connectivity index (χ1) is 14.9. The van der Waals surface area contributed by atoms with Crippen LogP contribution in [0.25, 0.3) is 6.08 Å². The molecule has 0 bridgehead atoms. The van der Waals surface area contributed by atoms with Gasteiger partial charge in [-0.2, -0.15) is 0 Å². The highest BCUT2D eigenvalue weighted by atomic mass is 32.2. The molecule has 1 saturated heterocycles. The number of benzene rings is 1. The fraction of sp³-hybridized carbons (Fsp3) is 0.500. The molecule has 0 aromatic heterocycles. The Labute approximate surface area is 192 Å². The van der Waals surface area contributed by atoms with Crippen molar-refractivity contribution in [2.24, 2.45) is 0 Å². The van der Waals surface area contributed by atoms with Crippen LogP contribution in [0.2, 0.25) is 0 Å². The Bertz CT molecular complexity index is 826. The van der Waals surface area contributed by atoms with Gasteiger partial charge < -0.3 is 19.7 Å². The van der Waals surface area contributed by atoms with E-state index in [0.717, 1.165) is 29.5 Å². The Morgan fingerprint density at radius 1 is 1.23 bits per heavy atom. The lowest BCUT2D eigenvalue weighted by Crippen LogP contribution is -2.46. The van der Waals surface area contributed by atoms with Gasteiger partial charge >= 0.3 is 5.97 Å². The molecule has 0 unspecified atom stereocenters. The van der Waals surface area contributed by atoms with Gasteiger partial charge in [-0.3, -0.25) is 9.69 Å². The molecule has 31 heavy (non-hydrogen) atoms. The van der Waals surface area contributed by atoms with Gasteiger partial charge in [-0.05, 0) is 30.2 Å². The first-order valence-corrected chi connectivity index (χ1v) is 11.6. The summed E-state index contributed by atoms with van der Waals surface area (Å²) < 4.78 is 11.4. The third-order valence-electron chi connectivity index (χ3n) is 4.83. The van der Waals surface area contributed by atoms with Crippen molar-refractivity contribution in [3.63, 3.8) is 0 Å². The summed E-state index contributed by atoms with van der Waals surface area (Å²) >= 11 is 6.15. The molecule has 2 N–H and O–H groups in total. The summed E-state index contributed by atoms with van der Waals surface area (Å²) in [5, 5.41) is 18.5. The van der Waals surface area contributed by atoms with E-state index < -0.39 is 24.5 Å². The molecule has 1 aromatic carbocycles. The van der Waals surface area contributed by atoms with Crippen LogP contribution >= 0.6 is 24.0 Å². The van der Waals surface area contributed by atoms with E-state index in [4.69, 9.17) is 21.7 Å². The number of aliphatic hydroxyl groups excluding tert-OH is 1. The number of thiocarbonyl (C=S) groups is 1. The van der Waals surface area contributed by atoms with Crippen LogP contribution in [0.4, 0.5) is 0 Å². The molecule has 1 amide bonds. The quantitative estimate of drug-likeness (QED) is 0.254. The highest BCUT2D eigenvalue weighted by Gasteiger charge is 2.40. The average Bonchev–Trinajstić information content (AvgIpc) is 3.02. The summed E-state index contributed by atoms with van der Waals surface area (Å²) in [6.07, 6.45) is 8.70. The number of amides is 1. The minimum absolute atomic E-state index is 0.101. The van der Waals surface area contributed by atoms with E-state index in [1.54, 1.807) is 31.4 Å². The van der Waals surface area contributed by atoms with Crippen LogP contribution in [0.3, 0.4) is 0 Å². The average molecular weight is 468 g/mol. The zero-order valence-electron chi connectivity index (χ0n) is 17.8. The molecule has 1 fully saturated rings. The number of ether oxygens (including phenoxy) is 2. The smallest absolute Gasteiger partial charge is 0.329 e. The number of hydrogen-bond donors (Lipinski definition) is 2. The molecule has 0 saturated carbocycles. The van der Waals surface area contributed by atoms with Gasteiger partial charge in [-0.25, -0.2) is 4.79 Å². The Balaban J connectivity index is 2.04. The summed E-state index contributed by atoms with van der Waals surface area (Å²) in [4.78, 5) is 25.1. The predicted octanol–water partition coefficient (Wildman–Crippen LogP) is 4.08. The van der Waals surface area contributed by atoms with Crippen LogP contribution < -0.4 is 9.47 Å². The highest BCUT2D eigenvalue weighted by Crippen LogP contribution is 2.35. The van der Waals surface area contributed by atoms with Crippen LogP contribution in [0.15, 0.2) is 23.1 Å². The van der Waals surface area contributed by atoms with Crippen molar-refractivity contribution in [3.8, 4) is 11.5 Å². The van der Waals surface area contributed by atoms with Crippen molar-refractivity contribution in [1.82, 2.24) is 4.90 Å². The van der Waals surface area contributed by atoms with Gasteiger partial charge in [0.2, 0.25) is 0 Å². The number of carbonyl (C=O) groups is 2. The van der Waals surface area contributed by atoms with Gasteiger partial charge in [0.15, 0.2) is 17.5 Å². The van der Waals surface area contributed by atoms with Crippen molar-refractivity contribution < 1.29 is 29.3 Å². The topological polar surface area (TPSA) is 96.3 Å². The molecule has 1 aromatic rings. The molecule has 2 rings (SSSR count). The second-order valence-electron chi connectivity index (χ2n) is 7.11. The molecular formula is C22H29NO6S2. The first-order valence-electron chi connectivity index (χ1n) is 10.3. The van der Waals surface area contributed by atoms with Crippen molar-refractivity contribution in [3.05, 3.63) is 28.7 Å². The van der Waals surface area contributed by atoms with Crippen LogP contribution in [0.1, 0.15) is 51.0 Å². The molecule has 9 heteroatoms. The predicted molar refractivity (Wildman–Crippen MR) is 125 cm³/mol. The van der Waals surface area contributed by atoms with Crippen molar-refractivity contribution >= 4 is 46.3 Å². The molecule has 0 radical (unpaired) electrons. The van der Waals surface area contributed by atoms with E-state index in [9.17, 15) is 19.8 Å². The van der Waals surface area contributed by atoms with Crippen molar-refractivity contribution in [2.75, 3.05) is 20.3 Å². The SMILES string of the molecule is CCCCCCCCOc1ccc(/C=C2\SC(=S)N([C@H](CO)C(=O)O)C2=O)cc1OC. The standard InChI is InChI=1S/C22H29NO6S2/c1-3-4-5-6-7-8-11-29-17-10-9-15(12-18(17)28-2)13-19-20(25)23(22(30)31-19)16(14-24)21(26)27/h9-10,12-13,16,24H,3-8,11,14H2,1-2H3,(H,26,27)/b19-13-/t16-/m1/s1. The van der Waals surface area contributed by atoms with Crippen LogP contribution in [0.5, 0.6) is 11.5 Å². The lowest BCUT2D eigenvalue weighted by molar-refractivity contribution is -0.146. The Morgan fingerprint density at radius 2 is 1.94 bits per heavy atom. The Morgan fingerprint density at radius 3 is 2.58 bits per heavy atom. The minimum atomic E-state index is -1.40. The fourth-order valence-electron chi connectivity index (χ4n) is 3.13. The summed E-state index contributed by atoms with van der Waals surface area (Å²) in [7, 11) is 1.55. The van der Waals surface area contributed by atoms with Gasteiger partial charge in [0.1, 0.15) is 4.32 Å². The molecule has 1 heterocycles. The number of methoxy groups -OCH3 is 1. The number of carbonyl (C=O) groups excluding carboxylic acids is 1. The van der Waals surface area contributed by atoms with Crippen molar-refractivity contribution in [2.45, 2.75) is 51.5 Å². The van der Waals surface area contributed by atoms with E-state index in [1.165, 1.54) is 25.7 Å². The van der Waals surface area contributed by atoms with Gasteiger partial charge in [0, 0.05) is 0 Å². The molecule has 1 aliphatic heterocycles. The number of carboxylic acid groups (broad SMARTS) is 1. The maximum atomic E-state index is 12.6. The lowest BCUT2D eigenvalue weighted by atomic mass is 10.1. The number of rotatable bonds is 13. The van der Waals surface area contributed by atoms with Gasteiger partial charge in [-0.1, -0.05) is 69.1 Å². The van der Waals surface area contributed by atoms with E-state index in [2.05, 4.69) is 6.92 Å². The normalized spacial score (nSPS) is 16.1. The number of nitrogens with zero attached hydrogens (tertiary/aromatic N) is 1. The lowest BCUT2D eigenvalue weighted by Gasteiger charge is -2.20. The van der Waals surface area contributed by atoms with Crippen LogP contribution in [0, 0.1) is 0 Å². The van der Waals surface area contributed by atoms with E-state index in [1.807, 2.05) is 0 Å². The molecular weight excluding hydrogens is 438 g/mol. The molecule has 0 spiro atoms. The first kappa shape index (κ1) is 25.2. The molecule has 0 aliphatic carbocycles. The summed E-state index contributed by atoms with van der Waals surface area (Å²) in [5.41, 5.74) is 0.695. The molecule has 1 aliphatic rings. The van der Waals surface area contributed by atoms with Crippen molar-refractivity contribution in [1.29, 1.82) is 0 Å². The molecule has 170 valence electrons. The minimum Gasteiger partial charge on any atom is -0.493 e. The Hall–Kier alpha value is -2.10. The maximum absolute atomic E-state index is 12.6. The van der Waals surface area contributed by atoms with Gasteiger partial charge in [0.05, 0.1) is 25.2 Å². The molecule has 1 atom stereocenters. The number of carboxylic acids is 1. The van der Waals surface area contributed by atoms with Crippen LogP contribution in [-0.2, 0) is 9.59 Å². The van der Waals surface area contributed by atoms with E-state index in [0.29, 0.717) is 23.7 Å². The third kappa shape index (κ3) is 6.95. The highest BCUT2D eigenvalue weighted by molar-refractivity contribution is 8.26. The second-order valence-corrected chi connectivity index (χ2v) is 8.79. The maximum Gasteiger partial charge on any atom is 0.329 e. The van der Waals surface area contributed by atoms with E-state index in [-0.39, 0.29) is 9.23 Å². The zero-order chi connectivity index (χ0) is 22.8. The number of aliphatic carboxylic acids is 1. The van der Waals surface area contributed by atoms with Gasteiger partial charge in [-0.15, -0.1) is 0 Å². The summed E-state index contributed by atoms with van der Waals surface area (Å²) in [6.45, 7) is 2.09. The largest absolute Gasteiger partial charge is 0.493 e. The number of unbranched alkanes of at least 4 members (excludes halogenated alkanes) is 5. The summed E-state index contributed by atoms with van der Waals surface area (Å²) in [5.74, 6) is -0.673. The number of thioether (sulfide) groups is 1. The Kier molecular flexibility index (Phi) is 10.3. The monoisotopic (exact) mass is 467 g/mol. The van der Waals surface area contributed by atoms with Gasteiger partial charge in [0.25, 0.3) is 5.91 Å². The van der Waals surface area contributed by atoms with E-state index >= 15 is 0 Å². The summed E-state index contributed by atoms with van der Waals surface area (Å²) in [6, 6.07) is 3.94. The number of hydrogen-bond acceptors (Lipinski definition) is 7.